The minimum Gasteiger partial charge on any atom is -0.462 e. The Bertz CT molecular complexity index is 417. The molecule has 2 heterocycles. The molecule has 2 aromatic heterocycles. The standard InChI is InChI=1S/C9H7NO2S/c1-6(11)8-5-10-9(13-8)7-3-2-4-12-7/h2-5H,1H3. The van der Waals surface area contributed by atoms with E-state index in [4.69, 9.17) is 4.42 Å². The Balaban J connectivity index is 2.39. The van der Waals surface area contributed by atoms with Crippen molar-refractivity contribution in [2.24, 2.45) is 0 Å². The summed E-state index contributed by atoms with van der Waals surface area (Å²) in [5.41, 5.74) is 0. The molecule has 2 aromatic rings. The molecule has 0 saturated heterocycles. The predicted octanol–water partition coefficient (Wildman–Crippen LogP) is 2.61. The van der Waals surface area contributed by atoms with Crippen LogP contribution in [0.1, 0.15) is 16.6 Å². The first-order valence-corrected chi connectivity index (χ1v) is 4.59. The number of hydrogen-bond donors (Lipinski definition) is 0. The van der Waals surface area contributed by atoms with Gasteiger partial charge in [-0.05, 0) is 12.1 Å². The zero-order valence-electron chi connectivity index (χ0n) is 6.98. The van der Waals surface area contributed by atoms with Crippen molar-refractivity contribution >= 4 is 17.1 Å². The molecule has 3 nitrogen and oxygen atoms in total. The first kappa shape index (κ1) is 8.19. The Kier molecular flexibility index (Phi) is 1.98. The molecule has 0 amide bonds. The van der Waals surface area contributed by atoms with E-state index in [0.717, 1.165) is 5.01 Å². The van der Waals surface area contributed by atoms with Crippen molar-refractivity contribution in [1.82, 2.24) is 4.98 Å². The van der Waals surface area contributed by atoms with Gasteiger partial charge in [0.25, 0.3) is 0 Å². The molecule has 0 aliphatic heterocycles. The van der Waals surface area contributed by atoms with Gasteiger partial charge in [0.15, 0.2) is 16.6 Å². The first-order valence-electron chi connectivity index (χ1n) is 3.78. The smallest absolute Gasteiger partial charge is 0.171 e. The summed E-state index contributed by atoms with van der Waals surface area (Å²) in [4.78, 5) is 15.7. The van der Waals surface area contributed by atoms with E-state index in [1.165, 1.54) is 18.3 Å². The van der Waals surface area contributed by atoms with Crippen LogP contribution in [0.5, 0.6) is 0 Å². The molecule has 0 N–H and O–H groups in total. The fourth-order valence-corrected chi connectivity index (χ4v) is 1.73. The van der Waals surface area contributed by atoms with E-state index in [1.807, 2.05) is 6.07 Å². The molecule has 0 atom stereocenters. The van der Waals surface area contributed by atoms with Crippen molar-refractivity contribution in [3.8, 4) is 10.8 Å². The fourth-order valence-electron chi connectivity index (χ4n) is 0.951. The predicted molar refractivity (Wildman–Crippen MR) is 49.8 cm³/mol. The number of Topliss-reactive ketones (excluding diaryl/α,β-unsaturated/α-hetero) is 1. The van der Waals surface area contributed by atoms with Gasteiger partial charge in [-0.25, -0.2) is 4.98 Å². The molecule has 0 bridgehead atoms. The average molecular weight is 193 g/mol. The van der Waals surface area contributed by atoms with Gasteiger partial charge in [0, 0.05) is 13.1 Å². The van der Waals surface area contributed by atoms with Gasteiger partial charge >= 0.3 is 0 Å². The highest BCUT2D eigenvalue weighted by Crippen LogP contribution is 2.25. The molecule has 0 aliphatic carbocycles. The zero-order chi connectivity index (χ0) is 9.26. The molecule has 0 aliphatic rings. The van der Waals surface area contributed by atoms with E-state index < -0.39 is 0 Å². The highest BCUT2D eigenvalue weighted by atomic mass is 32.1. The maximum absolute atomic E-state index is 11.0. The lowest BCUT2D eigenvalue weighted by Crippen LogP contribution is -1.83. The maximum Gasteiger partial charge on any atom is 0.171 e. The lowest BCUT2D eigenvalue weighted by Gasteiger charge is -1.85. The summed E-state index contributed by atoms with van der Waals surface area (Å²) in [6.07, 6.45) is 3.16. The minimum atomic E-state index is 0.0373. The quantitative estimate of drug-likeness (QED) is 0.688. The van der Waals surface area contributed by atoms with Crippen molar-refractivity contribution in [3.05, 3.63) is 29.5 Å². The van der Waals surface area contributed by atoms with Crippen molar-refractivity contribution < 1.29 is 9.21 Å². The number of carbonyl (C=O) groups is 1. The van der Waals surface area contributed by atoms with E-state index in [0.29, 0.717) is 10.6 Å². The third-order valence-electron chi connectivity index (χ3n) is 1.58. The van der Waals surface area contributed by atoms with Gasteiger partial charge in [-0.2, -0.15) is 0 Å². The summed E-state index contributed by atoms with van der Waals surface area (Å²) in [6.45, 7) is 1.53. The highest BCUT2D eigenvalue weighted by molar-refractivity contribution is 7.16. The zero-order valence-corrected chi connectivity index (χ0v) is 7.80. The molecule has 0 fully saturated rings. The van der Waals surface area contributed by atoms with Crippen molar-refractivity contribution in [2.75, 3.05) is 0 Å². The fraction of sp³-hybridized carbons (Fsp3) is 0.111. The molecule has 0 saturated carbocycles. The summed E-state index contributed by atoms with van der Waals surface area (Å²) in [6, 6.07) is 3.62. The summed E-state index contributed by atoms with van der Waals surface area (Å²) in [5.74, 6) is 0.743. The van der Waals surface area contributed by atoms with Crippen LogP contribution in [0, 0.1) is 0 Å². The SMILES string of the molecule is CC(=O)c1cnc(-c2ccco2)s1. The van der Waals surface area contributed by atoms with Gasteiger partial charge < -0.3 is 4.42 Å². The van der Waals surface area contributed by atoms with Gasteiger partial charge in [0.05, 0.1) is 11.1 Å². The van der Waals surface area contributed by atoms with Gasteiger partial charge in [0.1, 0.15) is 0 Å². The van der Waals surface area contributed by atoms with Gasteiger partial charge in [-0.3, -0.25) is 4.79 Å². The number of furan rings is 1. The Labute approximate surface area is 79.0 Å². The number of nitrogens with zero attached hydrogens (tertiary/aromatic N) is 1. The molecule has 0 spiro atoms. The monoisotopic (exact) mass is 193 g/mol. The van der Waals surface area contributed by atoms with E-state index in [9.17, 15) is 4.79 Å². The van der Waals surface area contributed by atoms with Crippen molar-refractivity contribution in [2.45, 2.75) is 6.92 Å². The normalized spacial score (nSPS) is 10.2. The molecular formula is C9H7NO2S. The van der Waals surface area contributed by atoms with Gasteiger partial charge in [0.2, 0.25) is 0 Å². The van der Waals surface area contributed by atoms with Gasteiger partial charge in [-0.15, -0.1) is 11.3 Å². The van der Waals surface area contributed by atoms with Crippen LogP contribution < -0.4 is 0 Å². The number of aromatic nitrogens is 1. The van der Waals surface area contributed by atoms with Crippen LogP contribution in [-0.2, 0) is 0 Å². The second-order valence-corrected chi connectivity index (χ2v) is 3.59. The van der Waals surface area contributed by atoms with Crippen LogP contribution >= 0.6 is 11.3 Å². The summed E-state index contributed by atoms with van der Waals surface area (Å²) < 4.78 is 5.15. The number of ketones is 1. The number of thiazole rings is 1. The van der Waals surface area contributed by atoms with E-state index in [-0.39, 0.29) is 5.78 Å². The van der Waals surface area contributed by atoms with Crippen LogP contribution in [0.25, 0.3) is 10.8 Å². The molecule has 2 rings (SSSR count). The Morgan fingerprint density at radius 1 is 1.62 bits per heavy atom. The van der Waals surface area contributed by atoms with E-state index in [2.05, 4.69) is 4.98 Å². The molecule has 0 radical (unpaired) electrons. The molecule has 0 aromatic carbocycles. The third-order valence-corrected chi connectivity index (χ3v) is 2.70. The highest BCUT2D eigenvalue weighted by Gasteiger charge is 2.08. The van der Waals surface area contributed by atoms with E-state index >= 15 is 0 Å². The summed E-state index contributed by atoms with van der Waals surface area (Å²) in [5, 5.41) is 0.746. The van der Waals surface area contributed by atoms with Crippen LogP contribution in [-0.4, -0.2) is 10.8 Å². The first-order chi connectivity index (χ1) is 6.27. The van der Waals surface area contributed by atoms with Crippen molar-refractivity contribution in [1.29, 1.82) is 0 Å². The molecule has 13 heavy (non-hydrogen) atoms. The molecule has 4 heteroatoms. The molecule has 0 unspecified atom stereocenters. The summed E-state index contributed by atoms with van der Waals surface area (Å²) in [7, 11) is 0. The molecule has 66 valence electrons. The lowest BCUT2D eigenvalue weighted by molar-refractivity contribution is 0.102. The van der Waals surface area contributed by atoms with Gasteiger partial charge in [-0.1, -0.05) is 0 Å². The Hall–Kier alpha value is -1.42. The number of carbonyl (C=O) groups excluding carboxylic acids is 1. The Morgan fingerprint density at radius 2 is 2.46 bits per heavy atom. The largest absolute Gasteiger partial charge is 0.462 e. The second-order valence-electron chi connectivity index (χ2n) is 2.56. The lowest BCUT2D eigenvalue weighted by atomic mass is 10.4. The van der Waals surface area contributed by atoms with Crippen LogP contribution in [0.4, 0.5) is 0 Å². The number of hydrogen-bond acceptors (Lipinski definition) is 4. The topological polar surface area (TPSA) is 43.1 Å². The Morgan fingerprint density at radius 3 is 3.00 bits per heavy atom. The molecular weight excluding hydrogens is 186 g/mol. The third kappa shape index (κ3) is 1.53. The average Bonchev–Trinajstić information content (AvgIpc) is 2.75. The van der Waals surface area contributed by atoms with E-state index in [1.54, 1.807) is 18.5 Å². The van der Waals surface area contributed by atoms with Crippen LogP contribution in [0.15, 0.2) is 29.0 Å². The van der Waals surface area contributed by atoms with Crippen LogP contribution in [0.2, 0.25) is 0 Å². The maximum atomic E-state index is 11.0. The van der Waals surface area contributed by atoms with Crippen molar-refractivity contribution in [3.63, 3.8) is 0 Å². The summed E-state index contributed by atoms with van der Waals surface area (Å²) >= 11 is 1.34. The van der Waals surface area contributed by atoms with Crippen LogP contribution in [0.3, 0.4) is 0 Å². The second kappa shape index (κ2) is 3.14. The number of rotatable bonds is 2. The minimum absolute atomic E-state index is 0.0373.